The van der Waals surface area contributed by atoms with Gasteiger partial charge in [-0.2, -0.15) is 0 Å². The summed E-state index contributed by atoms with van der Waals surface area (Å²) in [6, 6.07) is 5.69. The van der Waals surface area contributed by atoms with Crippen molar-refractivity contribution in [2.45, 2.75) is 13.0 Å². The zero-order valence-corrected chi connectivity index (χ0v) is 10.1. The topological polar surface area (TPSA) is 87.7 Å². The fourth-order valence-corrected chi connectivity index (χ4v) is 1.18. The van der Waals surface area contributed by atoms with Crippen molar-refractivity contribution < 1.29 is 24.2 Å². The lowest BCUT2D eigenvalue weighted by atomic mass is 10.3. The number of carbonyl (C=O) groups is 2. The normalized spacial score (nSPS) is 11.4. The van der Waals surface area contributed by atoms with Crippen molar-refractivity contribution in [3.05, 3.63) is 24.3 Å². The SMILES string of the molecule is COc1cccc(OCC(=O)N[C@@H](C)C(=O)[O-])c1. The Morgan fingerprint density at radius 1 is 1.39 bits per heavy atom. The molecule has 1 atom stereocenters. The molecule has 1 N–H and O–H groups in total. The number of benzene rings is 1. The summed E-state index contributed by atoms with van der Waals surface area (Å²) in [4.78, 5) is 21.7. The van der Waals surface area contributed by atoms with Gasteiger partial charge in [0.15, 0.2) is 6.61 Å². The third kappa shape index (κ3) is 4.32. The van der Waals surface area contributed by atoms with Gasteiger partial charge >= 0.3 is 0 Å². The van der Waals surface area contributed by atoms with Crippen LogP contribution in [0.1, 0.15) is 6.92 Å². The van der Waals surface area contributed by atoms with Gasteiger partial charge < -0.3 is 24.7 Å². The van der Waals surface area contributed by atoms with Crippen molar-refractivity contribution in [3.63, 3.8) is 0 Å². The molecule has 0 spiro atoms. The Morgan fingerprint density at radius 3 is 2.67 bits per heavy atom. The van der Waals surface area contributed by atoms with Crippen LogP contribution in [0.15, 0.2) is 24.3 Å². The largest absolute Gasteiger partial charge is 0.548 e. The third-order valence-electron chi connectivity index (χ3n) is 2.14. The first-order valence-corrected chi connectivity index (χ1v) is 5.30. The first kappa shape index (κ1) is 13.8. The minimum atomic E-state index is -1.34. The van der Waals surface area contributed by atoms with Crippen LogP contribution in [-0.4, -0.2) is 31.6 Å². The molecule has 6 heteroatoms. The van der Waals surface area contributed by atoms with E-state index in [0.717, 1.165) is 0 Å². The molecule has 18 heavy (non-hydrogen) atoms. The highest BCUT2D eigenvalue weighted by molar-refractivity contribution is 5.83. The van der Waals surface area contributed by atoms with Crippen LogP contribution in [0.5, 0.6) is 11.5 Å². The van der Waals surface area contributed by atoms with Crippen LogP contribution in [0, 0.1) is 0 Å². The number of carbonyl (C=O) groups excluding carboxylic acids is 2. The van der Waals surface area contributed by atoms with E-state index in [2.05, 4.69) is 5.32 Å². The van der Waals surface area contributed by atoms with Gasteiger partial charge in [0.2, 0.25) is 0 Å². The van der Waals surface area contributed by atoms with Gasteiger partial charge in [0, 0.05) is 6.07 Å². The number of hydrogen-bond acceptors (Lipinski definition) is 5. The molecule has 1 rings (SSSR count). The molecule has 0 aliphatic rings. The quantitative estimate of drug-likeness (QED) is 0.725. The van der Waals surface area contributed by atoms with Crippen LogP contribution in [0.2, 0.25) is 0 Å². The second-order valence-corrected chi connectivity index (χ2v) is 3.58. The monoisotopic (exact) mass is 252 g/mol. The van der Waals surface area contributed by atoms with E-state index >= 15 is 0 Å². The number of hydrogen-bond donors (Lipinski definition) is 1. The third-order valence-corrected chi connectivity index (χ3v) is 2.14. The Bertz CT molecular complexity index is 432. The van der Waals surface area contributed by atoms with Crippen molar-refractivity contribution >= 4 is 11.9 Å². The lowest BCUT2D eigenvalue weighted by Crippen LogP contribution is -2.47. The first-order valence-electron chi connectivity index (χ1n) is 5.30. The highest BCUT2D eigenvalue weighted by Gasteiger charge is 2.08. The molecule has 0 saturated carbocycles. The molecule has 0 aliphatic heterocycles. The summed E-state index contributed by atoms with van der Waals surface area (Å²) < 4.78 is 10.2. The highest BCUT2D eigenvalue weighted by atomic mass is 16.5. The molecular formula is C12H14NO5-. The van der Waals surface area contributed by atoms with Crippen LogP contribution in [-0.2, 0) is 9.59 Å². The van der Waals surface area contributed by atoms with E-state index in [1.807, 2.05) is 0 Å². The van der Waals surface area contributed by atoms with Crippen molar-refractivity contribution in [2.24, 2.45) is 0 Å². The summed E-state index contributed by atoms with van der Waals surface area (Å²) in [6.45, 7) is 1.05. The van der Waals surface area contributed by atoms with Gasteiger partial charge in [-0.3, -0.25) is 4.79 Å². The average molecular weight is 252 g/mol. The highest BCUT2D eigenvalue weighted by Crippen LogP contribution is 2.18. The number of methoxy groups -OCH3 is 1. The van der Waals surface area contributed by atoms with E-state index in [-0.39, 0.29) is 6.61 Å². The van der Waals surface area contributed by atoms with Crippen LogP contribution in [0.4, 0.5) is 0 Å². The molecule has 0 aromatic heterocycles. The van der Waals surface area contributed by atoms with E-state index < -0.39 is 17.9 Å². The Balaban J connectivity index is 2.44. The molecule has 1 aromatic carbocycles. The maximum Gasteiger partial charge on any atom is 0.258 e. The molecule has 6 nitrogen and oxygen atoms in total. The van der Waals surface area contributed by atoms with Gasteiger partial charge in [0.05, 0.1) is 19.1 Å². The summed E-state index contributed by atoms with van der Waals surface area (Å²) >= 11 is 0. The standard InChI is InChI=1S/C12H15NO5/c1-8(12(15)16)13-11(14)7-18-10-5-3-4-9(6-10)17-2/h3-6,8H,7H2,1-2H3,(H,13,14)(H,15,16)/p-1/t8-/m0/s1. The maximum atomic E-state index is 11.3. The summed E-state index contributed by atoms with van der Waals surface area (Å²) in [5.74, 6) is -0.805. The number of amides is 1. The number of aliphatic carboxylic acids is 1. The molecular weight excluding hydrogens is 238 g/mol. The van der Waals surface area contributed by atoms with Gasteiger partial charge in [0.25, 0.3) is 5.91 Å². The van der Waals surface area contributed by atoms with E-state index in [4.69, 9.17) is 9.47 Å². The van der Waals surface area contributed by atoms with Crippen LogP contribution in [0.25, 0.3) is 0 Å². The van der Waals surface area contributed by atoms with Crippen molar-refractivity contribution in [1.82, 2.24) is 5.32 Å². The Labute approximate surface area is 105 Å². The second-order valence-electron chi connectivity index (χ2n) is 3.58. The Morgan fingerprint density at radius 2 is 2.06 bits per heavy atom. The van der Waals surface area contributed by atoms with E-state index in [0.29, 0.717) is 11.5 Å². The van der Waals surface area contributed by atoms with E-state index in [1.165, 1.54) is 14.0 Å². The Hall–Kier alpha value is -2.24. The average Bonchev–Trinajstić information content (AvgIpc) is 2.36. The zero-order chi connectivity index (χ0) is 13.5. The molecule has 0 aliphatic carbocycles. The van der Waals surface area contributed by atoms with E-state index in [9.17, 15) is 14.7 Å². The van der Waals surface area contributed by atoms with Gasteiger partial charge in [-0.1, -0.05) is 6.07 Å². The zero-order valence-electron chi connectivity index (χ0n) is 10.1. The number of nitrogens with one attached hydrogen (secondary N) is 1. The fraction of sp³-hybridized carbons (Fsp3) is 0.333. The molecule has 0 unspecified atom stereocenters. The summed E-state index contributed by atoms with van der Waals surface area (Å²) in [5, 5.41) is 12.6. The molecule has 98 valence electrons. The minimum absolute atomic E-state index is 0.273. The molecule has 0 heterocycles. The molecule has 0 radical (unpaired) electrons. The smallest absolute Gasteiger partial charge is 0.258 e. The van der Waals surface area contributed by atoms with Gasteiger partial charge in [-0.05, 0) is 19.1 Å². The van der Waals surface area contributed by atoms with Gasteiger partial charge in [0.1, 0.15) is 11.5 Å². The molecule has 0 fully saturated rings. The first-order chi connectivity index (χ1) is 8.52. The summed E-state index contributed by atoms with van der Waals surface area (Å²) in [5.41, 5.74) is 0. The number of carboxylic acids is 1. The fourth-order valence-electron chi connectivity index (χ4n) is 1.18. The predicted octanol–water partition coefficient (Wildman–Crippen LogP) is -0.671. The minimum Gasteiger partial charge on any atom is -0.548 e. The van der Waals surface area contributed by atoms with Crippen LogP contribution >= 0.6 is 0 Å². The number of rotatable bonds is 6. The number of carboxylic acid groups (broad SMARTS) is 1. The van der Waals surface area contributed by atoms with Crippen LogP contribution < -0.4 is 19.9 Å². The summed E-state index contributed by atoms with van der Waals surface area (Å²) in [7, 11) is 1.52. The Kier molecular flexibility index (Phi) is 4.98. The molecule has 0 bridgehead atoms. The van der Waals surface area contributed by atoms with Crippen molar-refractivity contribution in [1.29, 1.82) is 0 Å². The number of ether oxygens (including phenoxy) is 2. The molecule has 1 amide bonds. The van der Waals surface area contributed by atoms with Gasteiger partial charge in [-0.25, -0.2) is 0 Å². The van der Waals surface area contributed by atoms with Gasteiger partial charge in [-0.15, -0.1) is 0 Å². The maximum absolute atomic E-state index is 11.3. The second kappa shape index (κ2) is 6.48. The molecule has 1 aromatic rings. The van der Waals surface area contributed by atoms with Crippen molar-refractivity contribution in [2.75, 3.05) is 13.7 Å². The van der Waals surface area contributed by atoms with Crippen LogP contribution in [0.3, 0.4) is 0 Å². The summed E-state index contributed by atoms with van der Waals surface area (Å²) in [6.07, 6.45) is 0. The predicted molar refractivity (Wildman–Crippen MR) is 61.1 cm³/mol. The van der Waals surface area contributed by atoms with E-state index in [1.54, 1.807) is 24.3 Å². The molecule has 0 saturated heterocycles. The lowest BCUT2D eigenvalue weighted by Gasteiger charge is -2.14. The lowest BCUT2D eigenvalue weighted by molar-refractivity contribution is -0.307. The van der Waals surface area contributed by atoms with Crippen molar-refractivity contribution in [3.8, 4) is 11.5 Å².